The summed E-state index contributed by atoms with van der Waals surface area (Å²) in [5.74, 6) is 0. The van der Waals surface area contributed by atoms with Crippen LogP contribution in [-0.2, 0) is 11.3 Å². The van der Waals surface area contributed by atoms with Crippen LogP contribution in [0.5, 0.6) is 0 Å². The molecule has 0 fully saturated rings. The molecule has 1 atom stereocenters. The first-order valence-electron chi connectivity index (χ1n) is 4.32. The second kappa shape index (κ2) is 5.60. The Balaban J connectivity index is 2.33. The van der Waals surface area contributed by atoms with Crippen molar-refractivity contribution in [2.24, 2.45) is 0 Å². The zero-order valence-electron chi connectivity index (χ0n) is 8.04. The second-order valence-corrected chi connectivity index (χ2v) is 3.96. The molecule has 0 saturated heterocycles. The van der Waals surface area contributed by atoms with Crippen molar-refractivity contribution in [2.75, 3.05) is 6.61 Å². The molecule has 0 saturated carbocycles. The van der Waals surface area contributed by atoms with Gasteiger partial charge in [0.2, 0.25) is 0 Å². The molecule has 1 unspecified atom stereocenters. The van der Waals surface area contributed by atoms with E-state index >= 15 is 0 Å². The number of alkyl halides is 3. The van der Waals surface area contributed by atoms with Crippen molar-refractivity contribution in [3.8, 4) is 0 Å². The molecule has 0 aromatic carbocycles. The van der Waals surface area contributed by atoms with Gasteiger partial charge in [0.25, 0.3) is 0 Å². The molecule has 1 heterocycles. The van der Waals surface area contributed by atoms with E-state index in [1.807, 2.05) is 0 Å². The summed E-state index contributed by atoms with van der Waals surface area (Å²) in [4.78, 5) is 3.90. The normalized spacial score (nSPS) is 13.8. The van der Waals surface area contributed by atoms with Gasteiger partial charge in [-0.15, -0.1) is 0 Å². The van der Waals surface area contributed by atoms with E-state index in [1.54, 1.807) is 12.1 Å². The number of halogens is 4. The van der Waals surface area contributed by atoms with Gasteiger partial charge in [0.15, 0.2) is 6.10 Å². The highest BCUT2D eigenvalue weighted by molar-refractivity contribution is 9.10. The summed E-state index contributed by atoms with van der Waals surface area (Å²) >= 11 is 3.17. The number of aliphatic hydroxyl groups excluding tert-OH is 1. The molecule has 3 nitrogen and oxygen atoms in total. The Hall–Kier alpha value is -0.660. The van der Waals surface area contributed by atoms with E-state index in [1.165, 1.54) is 6.20 Å². The third-order valence-electron chi connectivity index (χ3n) is 1.69. The molecular weight excluding hydrogens is 291 g/mol. The van der Waals surface area contributed by atoms with Crippen LogP contribution in [0.2, 0.25) is 0 Å². The number of hydrogen-bond acceptors (Lipinski definition) is 3. The maximum absolute atomic E-state index is 11.9. The van der Waals surface area contributed by atoms with Gasteiger partial charge < -0.3 is 9.84 Å². The third-order valence-corrected chi connectivity index (χ3v) is 2.16. The monoisotopic (exact) mass is 299 g/mol. The number of rotatable bonds is 4. The first kappa shape index (κ1) is 13.4. The fourth-order valence-electron chi connectivity index (χ4n) is 0.861. The second-order valence-electron chi connectivity index (χ2n) is 3.04. The fraction of sp³-hybridized carbons (Fsp3) is 0.444. The van der Waals surface area contributed by atoms with E-state index in [2.05, 4.69) is 20.9 Å². The summed E-state index contributed by atoms with van der Waals surface area (Å²) in [6, 6.07) is 3.32. The lowest BCUT2D eigenvalue weighted by atomic mass is 10.3. The minimum absolute atomic E-state index is 0.0690. The van der Waals surface area contributed by atoms with Gasteiger partial charge in [0.1, 0.15) is 0 Å². The van der Waals surface area contributed by atoms with Crippen molar-refractivity contribution in [1.82, 2.24) is 4.98 Å². The number of aromatic nitrogens is 1. The summed E-state index contributed by atoms with van der Waals surface area (Å²) in [5.41, 5.74) is 0.498. The van der Waals surface area contributed by atoms with Crippen LogP contribution in [0.25, 0.3) is 0 Å². The van der Waals surface area contributed by atoms with Gasteiger partial charge in [-0.05, 0) is 28.1 Å². The van der Waals surface area contributed by atoms with Gasteiger partial charge in [-0.3, -0.25) is 4.98 Å². The maximum atomic E-state index is 11.9. The Labute approximate surface area is 98.4 Å². The number of nitrogens with zero attached hydrogens (tertiary/aromatic N) is 1. The van der Waals surface area contributed by atoms with Crippen molar-refractivity contribution in [3.05, 3.63) is 28.5 Å². The zero-order valence-corrected chi connectivity index (χ0v) is 9.62. The summed E-state index contributed by atoms with van der Waals surface area (Å²) in [5, 5.41) is 8.63. The van der Waals surface area contributed by atoms with Gasteiger partial charge in [0, 0.05) is 10.7 Å². The zero-order chi connectivity index (χ0) is 12.2. The predicted octanol–water partition coefficient (Wildman–Crippen LogP) is 2.28. The van der Waals surface area contributed by atoms with Crippen LogP contribution in [0.3, 0.4) is 0 Å². The topological polar surface area (TPSA) is 42.4 Å². The average molecular weight is 300 g/mol. The highest BCUT2D eigenvalue weighted by Crippen LogP contribution is 2.20. The number of pyridine rings is 1. The fourth-order valence-corrected chi connectivity index (χ4v) is 1.10. The lowest BCUT2D eigenvalue weighted by Crippen LogP contribution is -2.32. The smallest absolute Gasteiger partial charge is 0.382 e. The predicted molar refractivity (Wildman–Crippen MR) is 53.7 cm³/mol. The van der Waals surface area contributed by atoms with E-state index in [-0.39, 0.29) is 6.61 Å². The van der Waals surface area contributed by atoms with Crippen LogP contribution in [0, 0.1) is 0 Å². The molecular formula is C9H9BrF3NO2. The molecule has 0 radical (unpaired) electrons. The van der Waals surface area contributed by atoms with Crippen LogP contribution >= 0.6 is 15.9 Å². The Kier molecular flexibility index (Phi) is 4.69. The molecule has 1 rings (SSSR count). The highest BCUT2D eigenvalue weighted by Gasteiger charge is 2.38. The average Bonchev–Trinajstić information content (AvgIpc) is 2.19. The molecule has 0 aliphatic heterocycles. The summed E-state index contributed by atoms with van der Waals surface area (Å²) < 4.78 is 41.1. The minimum atomic E-state index is -4.65. The molecule has 0 spiro atoms. The van der Waals surface area contributed by atoms with Crippen molar-refractivity contribution in [3.63, 3.8) is 0 Å². The molecule has 1 aromatic heterocycles. The van der Waals surface area contributed by atoms with Crippen LogP contribution < -0.4 is 0 Å². The molecule has 16 heavy (non-hydrogen) atoms. The molecule has 1 aromatic rings. The van der Waals surface area contributed by atoms with E-state index in [4.69, 9.17) is 9.84 Å². The lowest BCUT2D eigenvalue weighted by molar-refractivity contribution is -0.218. The molecule has 7 heteroatoms. The van der Waals surface area contributed by atoms with Crippen molar-refractivity contribution in [2.45, 2.75) is 18.9 Å². The number of aliphatic hydroxyl groups is 1. The van der Waals surface area contributed by atoms with Gasteiger partial charge >= 0.3 is 6.18 Å². The van der Waals surface area contributed by atoms with Crippen molar-refractivity contribution < 1.29 is 23.0 Å². The number of hydrogen-bond donors (Lipinski definition) is 1. The van der Waals surface area contributed by atoms with E-state index in [9.17, 15) is 13.2 Å². The largest absolute Gasteiger partial charge is 0.416 e. The minimum Gasteiger partial charge on any atom is -0.382 e. The van der Waals surface area contributed by atoms with Gasteiger partial charge in [-0.2, -0.15) is 13.2 Å². The molecule has 0 amide bonds. The van der Waals surface area contributed by atoms with Crippen LogP contribution in [0.4, 0.5) is 13.2 Å². The number of ether oxygens (including phenoxy) is 1. The van der Waals surface area contributed by atoms with E-state index in [0.29, 0.717) is 5.69 Å². The van der Waals surface area contributed by atoms with Gasteiger partial charge in [-0.25, -0.2) is 0 Å². The summed E-state index contributed by atoms with van der Waals surface area (Å²) in [7, 11) is 0. The Morgan fingerprint density at radius 1 is 1.44 bits per heavy atom. The molecule has 0 bridgehead atoms. The molecule has 0 aliphatic carbocycles. The van der Waals surface area contributed by atoms with Crippen LogP contribution in [0.15, 0.2) is 22.8 Å². The SMILES string of the molecule is OC(COCc1ccc(Br)cn1)C(F)(F)F. The van der Waals surface area contributed by atoms with Crippen molar-refractivity contribution in [1.29, 1.82) is 0 Å². The lowest BCUT2D eigenvalue weighted by Gasteiger charge is -2.14. The van der Waals surface area contributed by atoms with Crippen molar-refractivity contribution >= 4 is 15.9 Å². The first-order valence-corrected chi connectivity index (χ1v) is 5.12. The first-order chi connectivity index (χ1) is 7.39. The molecule has 90 valence electrons. The quantitative estimate of drug-likeness (QED) is 0.927. The summed E-state index contributed by atoms with van der Waals surface area (Å²) in [6.07, 6.45) is -5.59. The highest BCUT2D eigenvalue weighted by atomic mass is 79.9. The van der Waals surface area contributed by atoms with Gasteiger partial charge in [0.05, 0.1) is 18.9 Å². The Morgan fingerprint density at radius 3 is 2.62 bits per heavy atom. The molecule has 1 N–H and O–H groups in total. The van der Waals surface area contributed by atoms with E-state index < -0.39 is 18.9 Å². The molecule has 0 aliphatic rings. The standard InChI is InChI=1S/C9H9BrF3NO2/c10-6-1-2-7(14-3-6)4-16-5-8(15)9(11,12)13/h1-3,8,15H,4-5H2. The van der Waals surface area contributed by atoms with Crippen LogP contribution in [-0.4, -0.2) is 29.0 Å². The Bertz CT molecular complexity index is 329. The third kappa shape index (κ3) is 4.46. The van der Waals surface area contributed by atoms with E-state index in [0.717, 1.165) is 4.47 Å². The summed E-state index contributed by atoms with van der Waals surface area (Å²) in [6.45, 7) is -0.859. The maximum Gasteiger partial charge on any atom is 0.416 e. The van der Waals surface area contributed by atoms with Crippen LogP contribution in [0.1, 0.15) is 5.69 Å². The van der Waals surface area contributed by atoms with Gasteiger partial charge in [-0.1, -0.05) is 0 Å². The Morgan fingerprint density at radius 2 is 2.12 bits per heavy atom.